The lowest BCUT2D eigenvalue weighted by molar-refractivity contribution is 0.0947. The molecule has 1 aromatic heterocycles. The Hall–Kier alpha value is -3.48. The molecule has 1 aliphatic rings. The van der Waals surface area contributed by atoms with E-state index in [-0.39, 0.29) is 5.91 Å². The fourth-order valence-electron chi connectivity index (χ4n) is 4.74. The van der Waals surface area contributed by atoms with Crippen molar-refractivity contribution in [3.8, 4) is 0 Å². The molecule has 0 unspecified atom stereocenters. The van der Waals surface area contributed by atoms with Crippen LogP contribution in [0.15, 0.2) is 83.3 Å². The van der Waals surface area contributed by atoms with Crippen molar-refractivity contribution in [1.82, 2.24) is 20.1 Å². The van der Waals surface area contributed by atoms with Crippen LogP contribution in [-0.4, -0.2) is 60.0 Å². The molecule has 36 heavy (non-hydrogen) atoms. The first-order valence-corrected chi connectivity index (χ1v) is 12.9. The van der Waals surface area contributed by atoms with E-state index in [1.807, 2.05) is 30.3 Å². The summed E-state index contributed by atoms with van der Waals surface area (Å²) in [6, 6.07) is 26.5. The molecule has 1 saturated heterocycles. The van der Waals surface area contributed by atoms with E-state index >= 15 is 0 Å². The largest absolute Gasteiger partial charge is 0.441 e. The molecule has 4 aromatic rings. The van der Waals surface area contributed by atoms with E-state index < -0.39 is 0 Å². The Kier molecular flexibility index (Phi) is 8.06. The van der Waals surface area contributed by atoms with Gasteiger partial charge in [0.05, 0.1) is 0 Å². The standard InChI is InChI=1S/C30H34N4O2/c35-30(31-16-7-17-33-18-20-34(21-19-33)23-25-10-5-2-6-11-25)26-13-14-27-28(22-26)36-29(32-27)15-12-24-8-3-1-4-9-24/h1-6,8-11,13-14,22H,7,12,15-21,23H2,(H,31,35). The van der Waals surface area contributed by atoms with Crippen LogP contribution in [0, 0.1) is 0 Å². The summed E-state index contributed by atoms with van der Waals surface area (Å²) in [4.78, 5) is 22.3. The first-order chi connectivity index (χ1) is 17.7. The number of amides is 1. The number of aryl methyl sites for hydroxylation is 2. The molecule has 2 heterocycles. The van der Waals surface area contributed by atoms with Crippen molar-refractivity contribution in [3.63, 3.8) is 0 Å². The van der Waals surface area contributed by atoms with Crippen molar-refractivity contribution in [2.45, 2.75) is 25.8 Å². The van der Waals surface area contributed by atoms with Gasteiger partial charge in [0.1, 0.15) is 5.52 Å². The molecule has 1 fully saturated rings. The zero-order valence-corrected chi connectivity index (χ0v) is 20.7. The van der Waals surface area contributed by atoms with E-state index in [9.17, 15) is 4.79 Å². The summed E-state index contributed by atoms with van der Waals surface area (Å²) < 4.78 is 5.93. The number of nitrogens with zero attached hydrogens (tertiary/aromatic N) is 3. The van der Waals surface area contributed by atoms with E-state index in [1.54, 1.807) is 6.07 Å². The lowest BCUT2D eigenvalue weighted by atomic mass is 10.1. The van der Waals surface area contributed by atoms with E-state index in [0.29, 0.717) is 23.6 Å². The summed E-state index contributed by atoms with van der Waals surface area (Å²) in [7, 11) is 0. The Balaban J connectivity index is 1.03. The quantitative estimate of drug-likeness (QED) is 0.336. The first-order valence-electron chi connectivity index (χ1n) is 12.9. The monoisotopic (exact) mass is 482 g/mol. The molecular weight excluding hydrogens is 448 g/mol. The van der Waals surface area contributed by atoms with Crippen LogP contribution >= 0.6 is 0 Å². The maximum atomic E-state index is 12.7. The SMILES string of the molecule is O=C(NCCCN1CCN(Cc2ccccc2)CC1)c1ccc2nc(CCc3ccccc3)oc2c1. The van der Waals surface area contributed by atoms with Crippen LogP contribution in [0.1, 0.15) is 33.8 Å². The number of carbonyl (C=O) groups is 1. The van der Waals surface area contributed by atoms with Crippen molar-refractivity contribution < 1.29 is 9.21 Å². The molecule has 0 atom stereocenters. The van der Waals surface area contributed by atoms with Gasteiger partial charge < -0.3 is 14.6 Å². The third kappa shape index (κ3) is 6.59. The smallest absolute Gasteiger partial charge is 0.251 e. The highest BCUT2D eigenvalue weighted by atomic mass is 16.3. The van der Waals surface area contributed by atoms with E-state index in [2.05, 4.69) is 62.6 Å². The van der Waals surface area contributed by atoms with Crippen LogP contribution in [0.4, 0.5) is 0 Å². The van der Waals surface area contributed by atoms with E-state index in [1.165, 1.54) is 11.1 Å². The number of nitrogens with one attached hydrogen (secondary N) is 1. The van der Waals surface area contributed by atoms with Crippen LogP contribution in [-0.2, 0) is 19.4 Å². The highest BCUT2D eigenvalue weighted by Gasteiger charge is 2.17. The summed E-state index contributed by atoms with van der Waals surface area (Å²) in [5.41, 5.74) is 4.71. The van der Waals surface area contributed by atoms with Gasteiger partial charge in [0.2, 0.25) is 0 Å². The number of rotatable bonds is 10. The van der Waals surface area contributed by atoms with Gasteiger partial charge in [-0.1, -0.05) is 60.7 Å². The van der Waals surface area contributed by atoms with Crippen molar-refractivity contribution in [2.24, 2.45) is 0 Å². The number of aromatic nitrogens is 1. The second-order valence-corrected chi connectivity index (χ2v) is 9.49. The fourth-order valence-corrected chi connectivity index (χ4v) is 4.74. The van der Waals surface area contributed by atoms with Crippen molar-refractivity contribution in [2.75, 3.05) is 39.3 Å². The molecule has 6 heteroatoms. The molecule has 1 N–H and O–H groups in total. The molecule has 6 nitrogen and oxygen atoms in total. The Bertz CT molecular complexity index is 1250. The molecule has 0 spiro atoms. The van der Waals surface area contributed by atoms with Crippen LogP contribution in [0.25, 0.3) is 11.1 Å². The summed E-state index contributed by atoms with van der Waals surface area (Å²) in [5.74, 6) is 0.641. The van der Waals surface area contributed by atoms with Gasteiger partial charge in [-0.2, -0.15) is 0 Å². The van der Waals surface area contributed by atoms with Crippen molar-refractivity contribution >= 4 is 17.0 Å². The third-order valence-electron chi connectivity index (χ3n) is 6.82. The molecule has 186 valence electrons. The molecule has 0 bridgehead atoms. The molecule has 0 aliphatic carbocycles. The second kappa shape index (κ2) is 12.0. The van der Waals surface area contributed by atoms with Gasteiger partial charge in [-0.3, -0.25) is 9.69 Å². The zero-order valence-electron chi connectivity index (χ0n) is 20.7. The second-order valence-electron chi connectivity index (χ2n) is 9.49. The van der Waals surface area contributed by atoms with Gasteiger partial charge >= 0.3 is 0 Å². The van der Waals surface area contributed by atoms with Gasteiger partial charge in [-0.05, 0) is 48.7 Å². The molecule has 1 aliphatic heterocycles. The van der Waals surface area contributed by atoms with Gasteiger partial charge in [-0.15, -0.1) is 0 Å². The maximum Gasteiger partial charge on any atom is 0.251 e. The lowest BCUT2D eigenvalue weighted by Gasteiger charge is -2.34. The summed E-state index contributed by atoms with van der Waals surface area (Å²) >= 11 is 0. The number of hydrogen-bond acceptors (Lipinski definition) is 5. The molecule has 3 aromatic carbocycles. The van der Waals surface area contributed by atoms with Gasteiger partial charge in [0.15, 0.2) is 11.5 Å². The average Bonchev–Trinajstić information content (AvgIpc) is 3.34. The van der Waals surface area contributed by atoms with Crippen LogP contribution in [0.3, 0.4) is 0 Å². The minimum absolute atomic E-state index is 0.0631. The Morgan fingerprint density at radius 2 is 1.53 bits per heavy atom. The number of carbonyl (C=O) groups excluding carboxylic acids is 1. The van der Waals surface area contributed by atoms with Crippen molar-refractivity contribution in [1.29, 1.82) is 0 Å². The lowest BCUT2D eigenvalue weighted by Crippen LogP contribution is -2.46. The molecule has 1 amide bonds. The summed E-state index contributed by atoms with van der Waals surface area (Å²) in [6.07, 6.45) is 2.56. The zero-order chi connectivity index (χ0) is 24.6. The van der Waals surface area contributed by atoms with Crippen molar-refractivity contribution in [3.05, 3.63) is 101 Å². The average molecular weight is 483 g/mol. The number of piperazine rings is 1. The number of hydrogen-bond donors (Lipinski definition) is 1. The van der Waals surface area contributed by atoms with Crippen LogP contribution in [0.2, 0.25) is 0 Å². The maximum absolute atomic E-state index is 12.7. The predicted octanol–water partition coefficient (Wildman–Crippen LogP) is 4.55. The third-order valence-corrected chi connectivity index (χ3v) is 6.82. The Labute approximate surface area is 212 Å². The van der Waals surface area contributed by atoms with Gasteiger partial charge in [0, 0.05) is 51.3 Å². The fraction of sp³-hybridized carbons (Fsp3) is 0.333. The van der Waals surface area contributed by atoms with E-state index in [0.717, 1.165) is 64.0 Å². The van der Waals surface area contributed by atoms with E-state index in [4.69, 9.17) is 4.42 Å². The Morgan fingerprint density at radius 1 is 0.833 bits per heavy atom. The van der Waals surface area contributed by atoms with Crippen LogP contribution in [0.5, 0.6) is 0 Å². The molecule has 0 saturated carbocycles. The predicted molar refractivity (Wildman–Crippen MR) is 143 cm³/mol. The molecular formula is C30H34N4O2. The number of benzene rings is 3. The number of fused-ring (bicyclic) bond motifs is 1. The highest BCUT2D eigenvalue weighted by molar-refractivity contribution is 5.97. The normalized spacial score (nSPS) is 14.8. The molecule has 0 radical (unpaired) electrons. The van der Waals surface area contributed by atoms with Crippen LogP contribution < -0.4 is 5.32 Å². The minimum Gasteiger partial charge on any atom is -0.441 e. The first kappa shape index (κ1) is 24.2. The molecule has 5 rings (SSSR count). The summed E-state index contributed by atoms with van der Waals surface area (Å²) in [5, 5.41) is 3.06. The minimum atomic E-state index is -0.0631. The van der Waals surface area contributed by atoms with Gasteiger partial charge in [0.25, 0.3) is 5.91 Å². The van der Waals surface area contributed by atoms with Gasteiger partial charge in [-0.25, -0.2) is 4.98 Å². The highest BCUT2D eigenvalue weighted by Crippen LogP contribution is 2.19. The number of oxazole rings is 1. The topological polar surface area (TPSA) is 61.6 Å². The Morgan fingerprint density at radius 3 is 2.28 bits per heavy atom. The summed E-state index contributed by atoms with van der Waals surface area (Å²) in [6.45, 7) is 7.03.